The third kappa shape index (κ3) is 7.61. The predicted octanol–water partition coefficient (Wildman–Crippen LogP) is 7.67. The molecule has 0 amide bonds. The summed E-state index contributed by atoms with van der Waals surface area (Å²) < 4.78 is 11.1. The number of aliphatic imine (C=N–C) groups is 1. The Morgan fingerprint density at radius 2 is 1.54 bits per heavy atom. The van der Waals surface area contributed by atoms with E-state index in [2.05, 4.69) is 25.8 Å². The molecule has 2 N–H and O–H groups in total. The number of halogens is 2. The first kappa shape index (κ1) is 24.1. The van der Waals surface area contributed by atoms with Gasteiger partial charge >= 0.3 is 0 Å². The van der Waals surface area contributed by atoms with Crippen LogP contribution < -0.4 is 10.5 Å². The number of nitrogen functional groups attached to an aromatic ring is 1. The van der Waals surface area contributed by atoms with Crippen LogP contribution in [0, 0.1) is 18.8 Å². The number of benzene rings is 2. The number of methoxy groups -OCH3 is 1. The van der Waals surface area contributed by atoms with Crippen LogP contribution in [-0.2, 0) is 4.74 Å². The fourth-order valence-corrected chi connectivity index (χ4v) is 2.72. The van der Waals surface area contributed by atoms with Crippen molar-refractivity contribution in [1.82, 2.24) is 0 Å². The lowest BCUT2D eigenvalue weighted by atomic mass is 10.1. The maximum Gasteiger partial charge on any atom is 0.190 e. The maximum absolute atomic E-state index is 6.15. The number of anilines is 1. The lowest BCUT2D eigenvalue weighted by Crippen LogP contribution is -2.09. The zero-order chi connectivity index (χ0) is 21.4. The van der Waals surface area contributed by atoms with E-state index in [0.29, 0.717) is 33.1 Å². The van der Waals surface area contributed by atoms with Crippen molar-refractivity contribution < 1.29 is 9.47 Å². The Bertz CT molecular complexity index is 792. The average molecular weight is 425 g/mol. The van der Waals surface area contributed by atoms with Crippen molar-refractivity contribution in [3.05, 3.63) is 45.9 Å². The van der Waals surface area contributed by atoms with Gasteiger partial charge in [0.25, 0.3) is 0 Å². The first-order valence-electron chi connectivity index (χ1n) is 9.20. The second-order valence-electron chi connectivity index (χ2n) is 7.40. The molecule has 2 aromatic rings. The third-order valence-corrected chi connectivity index (χ3v) is 3.90. The number of rotatable bonds is 4. The van der Waals surface area contributed by atoms with Gasteiger partial charge in [0.2, 0.25) is 0 Å². The highest BCUT2D eigenvalue weighted by Crippen LogP contribution is 2.39. The minimum absolute atomic E-state index is 0.206. The fourth-order valence-electron chi connectivity index (χ4n) is 2.14. The molecular formula is C22H30Cl2N2O2. The highest BCUT2D eigenvalue weighted by Gasteiger charge is 2.12. The minimum Gasteiger partial charge on any atom is -0.484 e. The van der Waals surface area contributed by atoms with Crippen LogP contribution in [0.3, 0.4) is 0 Å². The van der Waals surface area contributed by atoms with Crippen LogP contribution in [0.1, 0.15) is 40.2 Å². The molecule has 28 heavy (non-hydrogen) atoms. The SMILES string of the molecule is CC(C)C.COC(=Nc1ccc(Oc2c(Cl)cc(N)cc2Cl)cc1C)C(C)C. The quantitative estimate of drug-likeness (QED) is 0.311. The van der Waals surface area contributed by atoms with Crippen LogP contribution >= 0.6 is 23.2 Å². The number of hydrogen-bond acceptors (Lipinski definition) is 4. The largest absolute Gasteiger partial charge is 0.484 e. The van der Waals surface area contributed by atoms with E-state index in [1.165, 1.54) is 0 Å². The van der Waals surface area contributed by atoms with Gasteiger partial charge in [0, 0.05) is 11.6 Å². The smallest absolute Gasteiger partial charge is 0.190 e. The van der Waals surface area contributed by atoms with E-state index in [-0.39, 0.29) is 5.92 Å². The van der Waals surface area contributed by atoms with Gasteiger partial charge in [0.15, 0.2) is 11.6 Å². The molecule has 0 atom stereocenters. The monoisotopic (exact) mass is 424 g/mol. The number of nitrogens with zero attached hydrogens (tertiary/aromatic N) is 1. The second-order valence-corrected chi connectivity index (χ2v) is 8.22. The molecule has 0 aliphatic rings. The Kier molecular flexibility index (Phi) is 9.63. The Morgan fingerprint density at radius 1 is 1.00 bits per heavy atom. The molecule has 2 rings (SSSR count). The van der Waals surface area contributed by atoms with Gasteiger partial charge in [-0.2, -0.15) is 0 Å². The van der Waals surface area contributed by atoms with E-state index >= 15 is 0 Å². The van der Waals surface area contributed by atoms with Crippen molar-refractivity contribution in [2.24, 2.45) is 16.8 Å². The minimum atomic E-state index is 0.206. The highest BCUT2D eigenvalue weighted by atomic mass is 35.5. The van der Waals surface area contributed by atoms with Crippen LogP contribution in [0.4, 0.5) is 11.4 Å². The molecule has 154 valence electrons. The molecule has 0 aliphatic heterocycles. The molecule has 0 saturated heterocycles. The van der Waals surface area contributed by atoms with Gasteiger partial charge in [-0.1, -0.05) is 57.8 Å². The van der Waals surface area contributed by atoms with E-state index < -0.39 is 0 Å². The first-order chi connectivity index (χ1) is 13.0. The fraction of sp³-hybridized carbons (Fsp3) is 0.409. The van der Waals surface area contributed by atoms with Crippen LogP contribution in [-0.4, -0.2) is 13.0 Å². The van der Waals surface area contributed by atoms with Crippen LogP contribution in [0.15, 0.2) is 35.3 Å². The predicted molar refractivity (Wildman–Crippen MR) is 122 cm³/mol. The molecule has 0 unspecified atom stereocenters. The Morgan fingerprint density at radius 3 is 1.96 bits per heavy atom. The Labute approximate surface area is 178 Å². The van der Waals surface area contributed by atoms with Gasteiger partial charge in [-0.15, -0.1) is 0 Å². The Balaban J connectivity index is 0.000000892. The van der Waals surface area contributed by atoms with E-state index in [4.69, 9.17) is 38.4 Å². The average Bonchev–Trinajstić information content (AvgIpc) is 2.56. The van der Waals surface area contributed by atoms with Crippen LogP contribution in [0.25, 0.3) is 0 Å². The van der Waals surface area contributed by atoms with Crippen molar-refractivity contribution in [1.29, 1.82) is 0 Å². The molecule has 6 heteroatoms. The van der Waals surface area contributed by atoms with E-state index in [1.54, 1.807) is 19.2 Å². The zero-order valence-electron chi connectivity index (χ0n) is 17.6. The van der Waals surface area contributed by atoms with E-state index in [9.17, 15) is 0 Å². The van der Waals surface area contributed by atoms with E-state index in [0.717, 1.165) is 17.2 Å². The number of hydrogen-bond donors (Lipinski definition) is 1. The number of aryl methyl sites for hydroxylation is 1. The summed E-state index contributed by atoms with van der Waals surface area (Å²) in [5.74, 6) is 2.71. The molecule has 0 fully saturated rings. The summed E-state index contributed by atoms with van der Waals surface area (Å²) in [7, 11) is 1.62. The number of ether oxygens (including phenoxy) is 2. The lowest BCUT2D eigenvalue weighted by Gasteiger charge is -2.13. The van der Waals surface area contributed by atoms with Crippen molar-refractivity contribution in [3.63, 3.8) is 0 Å². The summed E-state index contributed by atoms with van der Waals surface area (Å²) in [4.78, 5) is 4.54. The summed E-state index contributed by atoms with van der Waals surface area (Å²) >= 11 is 12.3. The summed E-state index contributed by atoms with van der Waals surface area (Å²) in [5, 5.41) is 0.724. The molecular weight excluding hydrogens is 395 g/mol. The molecule has 0 bridgehead atoms. The summed E-state index contributed by atoms with van der Waals surface area (Å²) in [6, 6.07) is 8.74. The molecule has 0 saturated carbocycles. The highest BCUT2D eigenvalue weighted by molar-refractivity contribution is 6.37. The Hall–Kier alpha value is -1.91. The van der Waals surface area contributed by atoms with Crippen molar-refractivity contribution in [2.75, 3.05) is 12.8 Å². The van der Waals surface area contributed by atoms with Crippen LogP contribution in [0.2, 0.25) is 10.0 Å². The van der Waals surface area contributed by atoms with E-state index in [1.807, 2.05) is 39.0 Å². The molecule has 0 radical (unpaired) electrons. The van der Waals surface area contributed by atoms with Crippen molar-refractivity contribution in [2.45, 2.75) is 41.5 Å². The summed E-state index contributed by atoms with van der Waals surface area (Å²) in [5.41, 5.74) is 7.95. The molecule has 2 aromatic carbocycles. The van der Waals surface area contributed by atoms with Crippen LogP contribution in [0.5, 0.6) is 11.5 Å². The molecule has 0 aliphatic carbocycles. The van der Waals surface area contributed by atoms with Crippen molar-refractivity contribution in [3.8, 4) is 11.5 Å². The van der Waals surface area contributed by atoms with Gasteiger partial charge in [-0.25, -0.2) is 4.99 Å². The zero-order valence-corrected chi connectivity index (χ0v) is 19.2. The maximum atomic E-state index is 6.15. The van der Waals surface area contributed by atoms with Gasteiger partial charge in [0.1, 0.15) is 5.75 Å². The van der Waals surface area contributed by atoms with Crippen molar-refractivity contribution >= 4 is 40.5 Å². The van der Waals surface area contributed by atoms with Gasteiger partial charge in [-0.05, 0) is 48.7 Å². The first-order valence-corrected chi connectivity index (χ1v) is 9.96. The normalized spacial score (nSPS) is 11.3. The third-order valence-electron chi connectivity index (χ3n) is 3.34. The van der Waals surface area contributed by atoms with Gasteiger partial charge < -0.3 is 15.2 Å². The molecule has 4 nitrogen and oxygen atoms in total. The summed E-state index contributed by atoms with van der Waals surface area (Å²) in [6.45, 7) is 12.5. The second kappa shape index (κ2) is 11.2. The molecule has 0 spiro atoms. The van der Waals surface area contributed by atoms with Gasteiger partial charge in [-0.3, -0.25) is 0 Å². The number of nitrogens with two attached hydrogens (primary N) is 1. The lowest BCUT2D eigenvalue weighted by molar-refractivity contribution is 0.375. The summed E-state index contributed by atoms with van der Waals surface area (Å²) in [6.07, 6.45) is 0. The van der Waals surface area contributed by atoms with Gasteiger partial charge in [0.05, 0.1) is 22.8 Å². The molecule has 0 aromatic heterocycles. The topological polar surface area (TPSA) is 56.8 Å². The standard InChI is InChI=1S/C18H20Cl2N2O2.C4H10/c1-10(2)18(23-4)22-16-6-5-13(7-11(16)3)24-17-14(19)8-12(21)9-15(17)20;1-4(2)3/h5-10H,21H2,1-4H3;4H,1-3H3. The molecule has 0 heterocycles.